The number of nitrogens with one attached hydrogen (secondary N) is 1. The topological polar surface area (TPSA) is 38.3 Å². The van der Waals surface area contributed by atoms with Gasteiger partial charge in [-0.1, -0.05) is 30.3 Å². The summed E-state index contributed by atoms with van der Waals surface area (Å²) in [6.45, 7) is 0.806. The fraction of sp³-hybridized carbons (Fsp3) is 0.267. The molecule has 1 amide bonds. The standard InChI is InChI=1S/C15H16ClNO2/c1-19-10-14(16)9-17-15(18)13-7-6-11-4-2-3-5-12(11)8-13/h2-8,14H,9-10H2,1H3,(H,17,18). The van der Waals surface area contributed by atoms with Gasteiger partial charge in [-0.3, -0.25) is 4.79 Å². The molecule has 0 aliphatic rings. The monoisotopic (exact) mass is 277 g/mol. The minimum absolute atomic E-state index is 0.118. The lowest BCUT2D eigenvalue weighted by Gasteiger charge is -2.10. The molecule has 2 rings (SSSR count). The predicted molar refractivity (Wildman–Crippen MR) is 77.8 cm³/mol. The molecule has 0 saturated heterocycles. The number of carbonyl (C=O) groups is 1. The van der Waals surface area contributed by atoms with Gasteiger partial charge in [0.25, 0.3) is 5.91 Å². The van der Waals surface area contributed by atoms with Crippen LogP contribution in [0, 0.1) is 0 Å². The molecule has 1 N–H and O–H groups in total. The summed E-state index contributed by atoms with van der Waals surface area (Å²) >= 11 is 5.97. The second-order valence-electron chi connectivity index (χ2n) is 4.32. The Morgan fingerprint density at radius 3 is 2.74 bits per heavy atom. The zero-order chi connectivity index (χ0) is 13.7. The molecule has 0 bridgehead atoms. The molecule has 0 aliphatic heterocycles. The third-order valence-corrected chi connectivity index (χ3v) is 3.12. The summed E-state index contributed by atoms with van der Waals surface area (Å²) in [5, 5.41) is 4.75. The molecule has 1 unspecified atom stereocenters. The van der Waals surface area contributed by atoms with E-state index in [-0.39, 0.29) is 11.3 Å². The van der Waals surface area contributed by atoms with Crippen LogP contribution >= 0.6 is 11.6 Å². The van der Waals surface area contributed by atoms with Crippen molar-refractivity contribution < 1.29 is 9.53 Å². The lowest BCUT2D eigenvalue weighted by molar-refractivity contribution is 0.0949. The van der Waals surface area contributed by atoms with Crippen molar-refractivity contribution in [1.29, 1.82) is 0 Å². The molecule has 0 spiro atoms. The number of hydrogen-bond donors (Lipinski definition) is 1. The maximum Gasteiger partial charge on any atom is 0.251 e. The summed E-state index contributed by atoms with van der Waals surface area (Å²) in [6, 6.07) is 13.6. The highest BCUT2D eigenvalue weighted by Crippen LogP contribution is 2.15. The van der Waals surface area contributed by atoms with Gasteiger partial charge in [-0.25, -0.2) is 0 Å². The number of hydrogen-bond acceptors (Lipinski definition) is 2. The Balaban J connectivity index is 2.05. The van der Waals surface area contributed by atoms with E-state index in [1.165, 1.54) is 0 Å². The van der Waals surface area contributed by atoms with E-state index in [0.717, 1.165) is 10.8 Å². The first kappa shape index (κ1) is 13.8. The van der Waals surface area contributed by atoms with Gasteiger partial charge in [-0.05, 0) is 22.9 Å². The lowest BCUT2D eigenvalue weighted by atomic mass is 10.1. The van der Waals surface area contributed by atoms with Crippen LogP contribution in [0.1, 0.15) is 10.4 Å². The zero-order valence-corrected chi connectivity index (χ0v) is 11.5. The number of ether oxygens (including phenoxy) is 1. The van der Waals surface area contributed by atoms with E-state index in [1.54, 1.807) is 7.11 Å². The van der Waals surface area contributed by atoms with Gasteiger partial charge < -0.3 is 10.1 Å². The minimum Gasteiger partial charge on any atom is -0.383 e. The Kier molecular flexibility index (Phi) is 4.77. The van der Waals surface area contributed by atoms with Crippen molar-refractivity contribution in [3.8, 4) is 0 Å². The van der Waals surface area contributed by atoms with Crippen LogP contribution in [0.4, 0.5) is 0 Å². The van der Waals surface area contributed by atoms with Crippen LogP contribution < -0.4 is 5.32 Å². The summed E-state index contributed by atoms with van der Waals surface area (Å²) in [5.41, 5.74) is 0.639. The Hall–Kier alpha value is -1.58. The highest BCUT2D eigenvalue weighted by atomic mass is 35.5. The maximum absolute atomic E-state index is 12.0. The molecule has 0 aromatic heterocycles. The Bertz CT molecular complexity index is 571. The normalized spacial score (nSPS) is 12.3. The molecule has 0 fully saturated rings. The fourth-order valence-corrected chi connectivity index (χ4v) is 2.08. The van der Waals surface area contributed by atoms with Gasteiger partial charge in [0.15, 0.2) is 0 Å². The molecule has 2 aromatic rings. The van der Waals surface area contributed by atoms with Crippen LogP contribution in [0.3, 0.4) is 0 Å². The average molecular weight is 278 g/mol. The smallest absolute Gasteiger partial charge is 0.251 e. The number of amides is 1. The average Bonchev–Trinajstić information content (AvgIpc) is 2.44. The molecular formula is C15H16ClNO2. The number of rotatable bonds is 5. The minimum atomic E-state index is -0.214. The van der Waals surface area contributed by atoms with E-state index in [1.807, 2.05) is 42.5 Å². The van der Waals surface area contributed by atoms with Crippen LogP contribution in [0.2, 0.25) is 0 Å². The SMILES string of the molecule is COCC(Cl)CNC(=O)c1ccc2ccccc2c1. The molecule has 19 heavy (non-hydrogen) atoms. The highest BCUT2D eigenvalue weighted by molar-refractivity contribution is 6.21. The first-order chi connectivity index (χ1) is 9.20. The summed E-state index contributed by atoms with van der Waals surface area (Å²) in [4.78, 5) is 12.0. The molecule has 1 atom stereocenters. The first-order valence-corrected chi connectivity index (χ1v) is 6.54. The highest BCUT2D eigenvalue weighted by Gasteiger charge is 2.09. The van der Waals surface area contributed by atoms with Crippen molar-refractivity contribution in [3.63, 3.8) is 0 Å². The zero-order valence-electron chi connectivity index (χ0n) is 10.7. The molecule has 3 nitrogen and oxygen atoms in total. The Labute approximate surface area is 117 Å². The van der Waals surface area contributed by atoms with E-state index in [9.17, 15) is 4.79 Å². The van der Waals surface area contributed by atoms with E-state index in [2.05, 4.69) is 5.32 Å². The summed E-state index contributed by atoms with van der Waals surface area (Å²) in [5.74, 6) is -0.118. The van der Waals surface area contributed by atoms with Gasteiger partial charge in [-0.15, -0.1) is 11.6 Å². The van der Waals surface area contributed by atoms with Gasteiger partial charge in [0.2, 0.25) is 0 Å². The summed E-state index contributed by atoms with van der Waals surface area (Å²) in [7, 11) is 1.58. The van der Waals surface area contributed by atoms with Crippen LogP contribution in [0.15, 0.2) is 42.5 Å². The van der Waals surface area contributed by atoms with Crippen molar-refractivity contribution in [2.45, 2.75) is 5.38 Å². The van der Waals surface area contributed by atoms with Crippen LogP contribution in [-0.4, -0.2) is 31.5 Å². The molecule has 0 aliphatic carbocycles. The number of halogens is 1. The van der Waals surface area contributed by atoms with Gasteiger partial charge in [0.05, 0.1) is 12.0 Å². The van der Waals surface area contributed by atoms with Crippen LogP contribution in [0.25, 0.3) is 10.8 Å². The molecule has 0 radical (unpaired) electrons. The van der Waals surface area contributed by atoms with Gasteiger partial charge in [-0.2, -0.15) is 0 Å². The van der Waals surface area contributed by atoms with Crippen LogP contribution in [0.5, 0.6) is 0 Å². The Morgan fingerprint density at radius 2 is 2.00 bits per heavy atom. The van der Waals surface area contributed by atoms with Crippen molar-refractivity contribution in [2.24, 2.45) is 0 Å². The van der Waals surface area contributed by atoms with E-state index >= 15 is 0 Å². The lowest BCUT2D eigenvalue weighted by Crippen LogP contribution is -2.31. The second kappa shape index (κ2) is 6.55. The number of alkyl halides is 1. The molecule has 0 heterocycles. The molecule has 4 heteroatoms. The van der Waals surface area contributed by atoms with Gasteiger partial charge in [0.1, 0.15) is 0 Å². The third kappa shape index (κ3) is 3.69. The molecular weight excluding hydrogens is 262 g/mol. The van der Waals surface area contributed by atoms with Crippen molar-refractivity contribution in [2.75, 3.05) is 20.3 Å². The predicted octanol–water partition coefficient (Wildman–Crippen LogP) is 2.82. The molecule has 100 valence electrons. The van der Waals surface area contributed by atoms with Crippen molar-refractivity contribution >= 4 is 28.3 Å². The number of benzene rings is 2. The van der Waals surface area contributed by atoms with Crippen molar-refractivity contribution in [1.82, 2.24) is 5.32 Å². The molecule has 2 aromatic carbocycles. The largest absolute Gasteiger partial charge is 0.383 e. The van der Waals surface area contributed by atoms with Gasteiger partial charge in [0, 0.05) is 19.2 Å². The number of fused-ring (bicyclic) bond motifs is 1. The van der Waals surface area contributed by atoms with Crippen molar-refractivity contribution in [3.05, 3.63) is 48.0 Å². The third-order valence-electron chi connectivity index (χ3n) is 2.84. The first-order valence-electron chi connectivity index (χ1n) is 6.10. The second-order valence-corrected chi connectivity index (χ2v) is 4.94. The molecule has 0 saturated carbocycles. The maximum atomic E-state index is 12.0. The van der Waals surface area contributed by atoms with E-state index in [4.69, 9.17) is 16.3 Å². The summed E-state index contributed by atoms with van der Waals surface area (Å²) < 4.78 is 4.92. The van der Waals surface area contributed by atoms with E-state index in [0.29, 0.717) is 18.7 Å². The van der Waals surface area contributed by atoms with Gasteiger partial charge >= 0.3 is 0 Å². The quantitative estimate of drug-likeness (QED) is 0.854. The summed E-state index contributed by atoms with van der Waals surface area (Å²) in [6.07, 6.45) is 0. The van der Waals surface area contributed by atoms with E-state index < -0.39 is 0 Å². The number of methoxy groups -OCH3 is 1. The van der Waals surface area contributed by atoms with Crippen LogP contribution in [-0.2, 0) is 4.74 Å². The fourth-order valence-electron chi connectivity index (χ4n) is 1.88. The number of carbonyl (C=O) groups excluding carboxylic acids is 1. The Morgan fingerprint density at radius 1 is 1.26 bits per heavy atom.